The fraction of sp³-hybridized carbons (Fsp3) is 0.211. The minimum Gasteiger partial charge on any atom is -0.465 e. The number of furan rings is 1. The van der Waals surface area contributed by atoms with Crippen molar-refractivity contribution in [3.63, 3.8) is 0 Å². The molecule has 122 valence electrons. The van der Waals surface area contributed by atoms with Gasteiger partial charge in [0.25, 0.3) is 0 Å². The van der Waals surface area contributed by atoms with Crippen LogP contribution in [0.2, 0.25) is 5.02 Å². The molecule has 4 rings (SSSR count). The van der Waals surface area contributed by atoms with Crippen molar-refractivity contribution in [2.75, 3.05) is 7.11 Å². The summed E-state index contributed by atoms with van der Waals surface area (Å²) < 4.78 is 16.6. The van der Waals surface area contributed by atoms with Gasteiger partial charge in [-0.25, -0.2) is 4.79 Å². The average Bonchev–Trinajstić information content (AvgIpc) is 3.34. The van der Waals surface area contributed by atoms with Crippen LogP contribution in [0.5, 0.6) is 11.5 Å². The van der Waals surface area contributed by atoms with Gasteiger partial charge in [-0.3, -0.25) is 0 Å². The standard InChI is InChI=1S/C19H15ClO4/c1-22-19(21)14-8-7-13(10-15(14)20)23-16-4-2-3-12-9-17(11-5-6-11)24-18(12)16/h2-4,7-11H,5-6H2,1H3. The zero-order chi connectivity index (χ0) is 16.7. The third-order valence-corrected chi connectivity index (χ3v) is 4.39. The molecule has 0 saturated heterocycles. The van der Waals surface area contributed by atoms with Gasteiger partial charge in [-0.15, -0.1) is 0 Å². The van der Waals surface area contributed by atoms with Crippen molar-refractivity contribution in [3.8, 4) is 11.5 Å². The number of ether oxygens (including phenoxy) is 2. The van der Waals surface area contributed by atoms with E-state index in [9.17, 15) is 4.79 Å². The van der Waals surface area contributed by atoms with Crippen molar-refractivity contribution >= 4 is 28.5 Å². The van der Waals surface area contributed by atoms with Crippen molar-refractivity contribution in [3.05, 3.63) is 58.8 Å². The molecule has 0 aliphatic heterocycles. The van der Waals surface area contributed by atoms with Crippen LogP contribution in [0.15, 0.2) is 46.9 Å². The number of esters is 1. The molecule has 24 heavy (non-hydrogen) atoms. The van der Waals surface area contributed by atoms with Crippen molar-refractivity contribution in [2.45, 2.75) is 18.8 Å². The predicted molar refractivity (Wildman–Crippen MR) is 91.1 cm³/mol. The molecular weight excluding hydrogens is 328 g/mol. The van der Waals surface area contributed by atoms with Gasteiger partial charge in [0.1, 0.15) is 11.5 Å². The van der Waals surface area contributed by atoms with Crippen LogP contribution in [0.1, 0.15) is 34.9 Å². The van der Waals surface area contributed by atoms with Gasteiger partial charge in [0.2, 0.25) is 0 Å². The van der Waals surface area contributed by atoms with E-state index in [4.69, 9.17) is 20.8 Å². The number of carbonyl (C=O) groups is 1. The number of halogens is 1. The van der Waals surface area contributed by atoms with Gasteiger partial charge >= 0.3 is 5.97 Å². The zero-order valence-corrected chi connectivity index (χ0v) is 13.8. The van der Waals surface area contributed by atoms with Gasteiger partial charge < -0.3 is 13.9 Å². The summed E-state index contributed by atoms with van der Waals surface area (Å²) in [6, 6.07) is 12.7. The van der Waals surface area contributed by atoms with Crippen LogP contribution >= 0.6 is 11.6 Å². The first-order valence-corrected chi connectivity index (χ1v) is 8.11. The number of methoxy groups -OCH3 is 1. The summed E-state index contributed by atoms with van der Waals surface area (Å²) in [5, 5.41) is 1.30. The van der Waals surface area contributed by atoms with Crippen LogP contribution < -0.4 is 4.74 Å². The molecule has 0 unspecified atom stereocenters. The number of para-hydroxylation sites is 1. The maximum absolute atomic E-state index is 11.6. The lowest BCUT2D eigenvalue weighted by Crippen LogP contribution is -2.01. The largest absolute Gasteiger partial charge is 0.465 e. The van der Waals surface area contributed by atoms with Crippen molar-refractivity contribution < 1.29 is 18.7 Å². The summed E-state index contributed by atoms with van der Waals surface area (Å²) in [4.78, 5) is 11.6. The highest BCUT2D eigenvalue weighted by Gasteiger charge is 2.27. The highest BCUT2D eigenvalue weighted by Crippen LogP contribution is 2.44. The Morgan fingerprint density at radius 1 is 1.21 bits per heavy atom. The van der Waals surface area contributed by atoms with E-state index in [1.807, 2.05) is 18.2 Å². The minimum absolute atomic E-state index is 0.282. The summed E-state index contributed by atoms with van der Waals surface area (Å²) >= 11 is 6.14. The summed E-state index contributed by atoms with van der Waals surface area (Å²) in [7, 11) is 1.32. The van der Waals surface area contributed by atoms with E-state index < -0.39 is 5.97 Å². The number of carbonyl (C=O) groups excluding carboxylic acids is 1. The maximum Gasteiger partial charge on any atom is 0.339 e. The number of fused-ring (bicyclic) bond motifs is 1. The Hall–Kier alpha value is -2.46. The summed E-state index contributed by atoms with van der Waals surface area (Å²) in [5.41, 5.74) is 1.03. The van der Waals surface area contributed by atoms with Crippen molar-refractivity contribution in [1.29, 1.82) is 0 Å². The highest BCUT2D eigenvalue weighted by atomic mass is 35.5. The smallest absolute Gasteiger partial charge is 0.339 e. The summed E-state index contributed by atoms with van der Waals surface area (Å²) in [6.45, 7) is 0. The van der Waals surface area contributed by atoms with Gasteiger partial charge in [0.05, 0.1) is 17.7 Å². The Balaban J connectivity index is 1.66. The first-order valence-electron chi connectivity index (χ1n) is 7.74. The van der Waals surface area contributed by atoms with Gasteiger partial charge in [-0.05, 0) is 37.1 Å². The van der Waals surface area contributed by atoms with Gasteiger partial charge in [-0.1, -0.05) is 23.7 Å². The van der Waals surface area contributed by atoms with Gasteiger partial charge in [-0.2, -0.15) is 0 Å². The van der Waals surface area contributed by atoms with E-state index in [0.29, 0.717) is 23.0 Å². The number of rotatable bonds is 4. The van der Waals surface area contributed by atoms with Crippen molar-refractivity contribution in [2.24, 2.45) is 0 Å². The minimum atomic E-state index is -0.478. The second kappa shape index (κ2) is 5.87. The van der Waals surface area contributed by atoms with Crippen LogP contribution in [0, 0.1) is 0 Å². The lowest BCUT2D eigenvalue weighted by atomic mass is 10.2. The monoisotopic (exact) mass is 342 g/mol. The molecule has 5 heteroatoms. The molecule has 1 aromatic heterocycles. The number of benzene rings is 2. The van der Waals surface area contributed by atoms with Crippen LogP contribution in [0.3, 0.4) is 0 Å². The molecule has 0 amide bonds. The van der Waals surface area contributed by atoms with E-state index in [-0.39, 0.29) is 5.02 Å². The normalized spacial score (nSPS) is 13.9. The molecule has 4 nitrogen and oxygen atoms in total. The SMILES string of the molecule is COC(=O)c1ccc(Oc2cccc3cc(C4CC4)oc23)cc1Cl. The van der Waals surface area contributed by atoms with Crippen LogP contribution in [-0.4, -0.2) is 13.1 Å². The molecule has 1 fully saturated rings. The zero-order valence-electron chi connectivity index (χ0n) is 13.0. The molecule has 0 spiro atoms. The molecule has 0 bridgehead atoms. The first kappa shape index (κ1) is 15.1. The van der Waals surface area contributed by atoms with Crippen molar-refractivity contribution in [1.82, 2.24) is 0 Å². The number of hydrogen-bond donors (Lipinski definition) is 0. The summed E-state index contributed by atoms with van der Waals surface area (Å²) in [5.74, 6) is 2.23. The topological polar surface area (TPSA) is 48.7 Å². The molecule has 2 aromatic carbocycles. The van der Waals surface area contributed by atoms with Gasteiger partial charge in [0.15, 0.2) is 11.3 Å². The summed E-state index contributed by atoms with van der Waals surface area (Å²) in [6.07, 6.45) is 2.36. The maximum atomic E-state index is 11.6. The molecule has 0 N–H and O–H groups in total. The Kier molecular flexibility index (Phi) is 3.69. The Morgan fingerprint density at radius 3 is 2.75 bits per heavy atom. The number of hydrogen-bond acceptors (Lipinski definition) is 4. The Labute approximate surface area is 143 Å². The van der Waals surface area contributed by atoms with E-state index in [0.717, 1.165) is 16.7 Å². The quantitative estimate of drug-likeness (QED) is 0.584. The Morgan fingerprint density at radius 2 is 2.04 bits per heavy atom. The predicted octanol–water partition coefficient (Wildman–Crippen LogP) is 5.54. The molecule has 1 aliphatic carbocycles. The van der Waals surface area contributed by atoms with Gasteiger partial charge in [0, 0.05) is 17.4 Å². The molecule has 3 aromatic rings. The first-order chi connectivity index (χ1) is 11.7. The molecule has 0 radical (unpaired) electrons. The lowest BCUT2D eigenvalue weighted by Gasteiger charge is -2.08. The molecule has 1 saturated carbocycles. The molecular formula is C19H15ClO4. The lowest BCUT2D eigenvalue weighted by molar-refractivity contribution is 0.0601. The van der Waals surface area contributed by atoms with E-state index >= 15 is 0 Å². The van der Waals surface area contributed by atoms with Crippen LogP contribution in [0.4, 0.5) is 0 Å². The fourth-order valence-corrected chi connectivity index (χ4v) is 2.92. The van der Waals surface area contributed by atoms with E-state index in [1.54, 1.807) is 18.2 Å². The van der Waals surface area contributed by atoms with Crippen LogP contribution in [0.25, 0.3) is 11.0 Å². The Bertz CT molecular complexity index is 924. The molecule has 1 heterocycles. The van der Waals surface area contributed by atoms with Crippen LogP contribution in [-0.2, 0) is 4.74 Å². The second-order valence-corrected chi connectivity index (χ2v) is 6.24. The highest BCUT2D eigenvalue weighted by molar-refractivity contribution is 6.33. The molecule has 0 atom stereocenters. The third-order valence-electron chi connectivity index (χ3n) is 4.08. The van der Waals surface area contributed by atoms with E-state index in [2.05, 4.69) is 10.8 Å². The average molecular weight is 343 g/mol. The third kappa shape index (κ3) is 2.74. The van der Waals surface area contributed by atoms with E-state index in [1.165, 1.54) is 20.0 Å². The second-order valence-electron chi connectivity index (χ2n) is 5.83. The molecule has 1 aliphatic rings. The fourth-order valence-electron chi connectivity index (χ4n) is 2.67.